The zero-order valence-electron chi connectivity index (χ0n) is 9.79. The third kappa shape index (κ3) is 2.44. The summed E-state index contributed by atoms with van der Waals surface area (Å²) in [5.41, 5.74) is 1.49. The SMILES string of the molecule is Cn1cnc2c(NCc3ccco3)n[c-]nc21.[Y]. The Labute approximate surface area is 129 Å². The van der Waals surface area contributed by atoms with Crippen molar-refractivity contribution in [3.63, 3.8) is 0 Å². The van der Waals surface area contributed by atoms with Gasteiger partial charge in [-0.3, -0.25) is 4.98 Å². The van der Waals surface area contributed by atoms with Crippen LogP contribution in [0.15, 0.2) is 29.1 Å². The van der Waals surface area contributed by atoms with Gasteiger partial charge in [0, 0.05) is 63.1 Å². The second kappa shape index (κ2) is 5.58. The predicted molar refractivity (Wildman–Crippen MR) is 61.2 cm³/mol. The molecule has 0 fully saturated rings. The number of aromatic nitrogens is 4. The van der Waals surface area contributed by atoms with Crippen molar-refractivity contribution >= 4 is 17.0 Å². The molecule has 0 spiro atoms. The van der Waals surface area contributed by atoms with E-state index in [-0.39, 0.29) is 32.7 Å². The number of furan rings is 1. The fourth-order valence-corrected chi connectivity index (χ4v) is 1.61. The summed E-state index contributed by atoms with van der Waals surface area (Å²) in [6.45, 7) is 0.559. The first-order valence-corrected chi connectivity index (χ1v) is 5.16. The number of imidazole rings is 1. The summed E-state index contributed by atoms with van der Waals surface area (Å²) in [5, 5.41) is 3.15. The number of nitrogens with zero attached hydrogens (tertiary/aromatic N) is 4. The van der Waals surface area contributed by atoms with Gasteiger partial charge in [0.2, 0.25) is 0 Å². The topological polar surface area (TPSA) is 68.8 Å². The monoisotopic (exact) mass is 317 g/mol. The molecule has 0 atom stereocenters. The number of nitrogens with one attached hydrogen (secondary N) is 1. The van der Waals surface area contributed by atoms with Crippen LogP contribution in [0.2, 0.25) is 0 Å². The number of rotatable bonds is 3. The molecule has 0 aliphatic heterocycles. The van der Waals surface area contributed by atoms with Gasteiger partial charge in [-0.25, -0.2) is 0 Å². The first kappa shape index (κ1) is 13.2. The van der Waals surface area contributed by atoms with E-state index in [1.165, 1.54) is 0 Å². The maximum atomic E-state index is 5.23. The Bertz CT molecular complexity index is 634. The predicted octanol–water partition coefficient (Wildman–Crippen LogP) is 1.37. The van der Waals surface area contributed by atoms with E-state index in [2.05, 4.69) is 26.6 Å². The van der Waals surface area contributed by atoms with E-state index in [1.54, 1.807) is 12.6 Å². The van der Waals surface area contributed by atoms with E-state index in [4.69, 9.17) is 4.42 Å². The minimum absolute atomic E-state index is 0. The second-order valence-electron chi connectivity index (χ2n) is 3.63. The van der Waals surface area contributed by atoms with Crippen LogP contribution in [-0.2, 0) is 46.3 Å². The maximum absolute atomic E-state index is 5.23. The van der Waals surface area contributed by atoms with Crippen molar-refractivity contribution in [1.82, 2.24) is 19.5 Å². The summed E-state index contributed by atoms with van der Waals surface area (Å²) in [6.07, 6.45) is 5.95. The van der Waals surface area contributed by atoms with Crippen LogP contribution in [0.1, 0.15) is 5.76 Å². The first-order valence-electron chi connectivity index (χ1n) is 5.16. The van der Waals surface area contributed by atoms with E-state index in [0.717, 1.165) is 16.9 Å². The molecule has 3 heterocycles. The van der Waals surface area contributed by atoms with Crippen molar-refractivity contribution in [2.75, 3.05) is 5.32 Å². The molecule has 3 aromatic heterocycles. The van der Waals surface area contributed by atoms with Crippen LogP contribution in [0.3, 0.4) is 0 Å². The standard InChI is InChI=1S/C11H10N5O.Y/c1-16-7-15-9-10(13-6-14-11(9)16)12-5-8-3-2-4-17-8;/h2-4,7H,5H2,1H3,(H,12,13,14);/q-1;. The van der Waals surface area contributed by atoms with Gasteiger partial charge in [-0.1, -0.05) is 0 Å². The Balaban J connectivity index is 0.00000120. The average Bonchev–Trinajstić information content (AvgIpc) is 2.97. The van der Waals surface area contributed by atoms with Crippen LogP contribution < -0.4 is 5.32 Å². The molecular weight excluding hydrogens is 307 g/mol. The summed E-state index contributed by atoms with van der Waals surface area (Å²) in [4.78, 5) is 12.3. The Morgan fingerprint density at radius 2 is 2.33 bits per heavy atom. The molecule has 0 aliphatic rings. The Hall–Kier alpha value is -1.27. The summed E-state index contributed by atoms with van der Waals surface area (Å²) >= 11 is 0. The number of aryl methyl sites for hydroxylation is 1. The van der Waals surface area contributed by atoms with Crippen LogP contribution >= 0.6 is 0 Å². The van der Waals surface area contributed by atoms with Gasteiger partial charge < -0.3 is 24.3 Å². The molecule has 0 saturated heterocycles. The molecular formula is C11H10N5OY-. The molecule has 1 radical (unpaired) electrons. The van der Waals surface area contributed by atoms with E-state index < -0.39 is 0 Å². The fourth-order valence-electron chi connectivity index (χ4n) is 1.61. The third-order valence-electron chi connectivity index (χ3n) is 2.46. The largest absolute Gasteiger partial charge is 0.468 e. The summed E-state index contributed by atoms with van der Waals surface area (Å²) in [5.74, 6) is 1.50. The van der Waals surface area contributed by atoms with Crippen molar-refractivity contribution in [2.24, 2.45) is 7.05 Å². The van der Waals surface area contributed by atoms with E-state index in [9.17, 15) is 0 Å². The number of hydrogen-bond acceptors (Lipinski definition) is 5. The van der Waals surface area contributed by atoms with Crippen molar-refractivity contribution in [3.8, 4) is 0 Å². The maximum Gasteiger partial charge on any atom is 0.121 e. The molecule has 0 bridgehead atoms. The molecule has 7 heteroatoms. The van der Waals surface area contributed by atoms with Crippen molar-refractivity contribution in [2.45, 2.75) is 6.54 Å². The van der Waals surface area contributed by atoms with Gasteiger partial charge in [-0.05, 0) is 12.1 Å². The molecule has 89 valence electrons. The number of fused-ring (bicyclic) bond motifs is 1. The van der Waals surface area contributed by atoms with Gasteiger partial charge in [-0.15, -0.1) is 0 Å². The van der Waals surface area contributed by atoms with Gasteiger partial charge in [0.05, 0.1) is 19.1 Å². The van der Waals surface area contributed by atoms with Gasteiger partial charge in [-0.2, -0.15) is 0 Å². The van der Waals surface area contributed by atoms with Crippen molar-refractivity contribution in [3.05, 3.63) is 36.8 Å². The average molecular weight is 317 g/mol. The molecule has 0 aromatic carbocycles. The van der Waals surface area contributed by atoms with Crippen LogP contribution in [-0.4, -0.2) is 19.5 Å². The zero-order chi connectivity index (χ0) is 11.7. The molecule has 0 amide bonds. The Morgan fingerprint density at radius 3 is 3.11 bits per heavy atom. The Kier molecular flexibility index (Phi) is 4.09. The smallest absolute Gasteiger partial charge is 0.121 e. The van der Waals surface area contributed by atoms with Gasteiger partial charge >= 0.3 is 0 Å². The third-order valence-corrected chi connectivity index (χ3v) is 2.46. The minimum atomic E-state index is 0. The van der Waals surface area contributed by atoms with Gasteiger partial charge in [0.1, 0.15) is 5.76 Å². The minimum Gasteiger partial charge on any atom is -0.468 e. The molecule has 0 saturated carbocycles. The number of hydrogen-bond donors (Lipinski definition) is 1. The molecule has 0 aliphatic carbocycles. The van der Waals surface area contributed by atoms with Crippen molar-refractivity contribution in [1.29, 1.82) is 0 Å². The molecule has 1 N–H and O–H groups in total. The zero-order valence-corrected chi connectivity index (χ0v) is 12.6. The van der Waals surface area contributed by atoms with Gasteiger partial charge in [0.15, 0.2) is 0 Å². The summed E-state index contributed by atoms with van der Waals surface area (Å²) < 4.78 is 7.06. The van der Waals surface area contributed by atoms with Gasteiger partial charge in [0.25, 0.3) is 0 Å². The Morgan fingerprint density at radius 1 is 1.44 bits per heavy atom. The van der Waals surface area contributed by atoms with E-state index in [0.29, 0.717) is 12.4 Å². The fraction of sp³-hybridized carbons (Fsp3) is 0.182. The first-order chi connectivity index (χ1) is 8.34. The van der Waals surface area contributed by atoms with Crippen LogP contribution in [0.4, 0.5) is 5.82 Å². The molecule has 3 aromatic rings. The van der Waals surface area contributed by atoms with E-state index in [1.807, 2.05) is 23.7 Å². The molecule has 0 unspecified atom stereocenters. The summed E-state index contributed by atoms with van der Waals surface area (Å²) in [7, 11) is 1.88. The normalized spacial score (nSPS) is 10.3. The molecule has 18 heavy (non-hydrogen) atoms. The van der Waals surface area contributed by atoms with Crippen LogP contribution in [0.25, 0.3) is 11.2 Å². The summed E-state index contributed by atoms with van der Waals surface area (Å²) in [6, 6.07) is 3.74. The quantitative estimate of drug-likeness (QED) is 0.739. The van der Waals surface area contributed by atoms with Crippen LogP contribution in [0, 0.1) is 6.33 Å². The van der Waals surface area contributed by atoms with Crippen molar-refractivity contribution < 1.29 is 37.1 Å². The van der Waals surface area contributed by atoms with E-state index >= 15 is 0 Å². The second-order valence-corrected chi connectivity index (χ2v) is 3.63. The molecule has 6 nitrogen and oxygen atoms in total. The molecule has 3 rings (SSSR count). The number of anilines is 1. The van der Waals surface area contributed by atoms with Crippen LogP contribution in [0.5, 0.6) is 0 Å².